The van der Waals surface area contributed by atoms with Gasteiger partial charge in [-0.1, -0.05) is 107 Å². The largest absolute Gasteiger partial charge is 1.00 e. The maximum atomic E-state index is 12.8. The number of hydrogen-bond acceptors (Lipinski definition) is 4. The minimum absolute atomic E-state index is 0. The quantitative estimate of drug-likeness (QED) is 0.0942. The van der Waals surface area contributed by atoms with Crippen molar-refractivity contribution in [2.24, 2.45) is 0 Å². The molecule has 0 aliphatic carbocycles. The van der Waals surface area contributed by atoms with Gasteiger partial charge in [-0.05, 0) is 50.1 Å². The first kappa shape index (κ1) is 35.7. The Kier molecular flexibility index (Phi) is 17.3. The van der Waals surface area contributed by atoms with E-state index in [9.17, 15) is 9.59 Å². The fourth-order valence-corrected chi connectivity index (χ4v) is 5.72. The van der Waals surface area contributed by atoms with Crippen molar-refractivity contribution in [3.63, 3.8) is 0 Å². The molecule has 1 amide bonds. The van der Waals surface area contributed by atoms with Gasteiger partial charge in [0.25, 0.3) is 0 Å². The van der Waals surface area contributed by atoms with Crippen molar-refractivity contribution in [2.75, 3.05) is 11.9 Å². The number of unbranched alkanes of at least 4 members (excludes halogenated alkanes) is 11. The summed E-state index contributed by atoms with van der Waals surface area (Å²) < 4.78 is 8.13. The zero-order valence-electron chi connectivity index (χ0n) is 25.8. The van der Waals surface area contributed by atoms with E-state index >= 15 is 0 Å². The van der Waals surface area contributed by atoms with E-state index in [1.807, 2.05) is 30.3 Å². The first-order valence-electron chi connectivity index (χ1n) is 15.5. The summed E-state index contributed by atoms with van der Waals surface area (Å²) in [4.78, 5) is 26.4. The molecule has 0 aliphatic heterocycles. The van der Waals surface area contributed by atoms with Crippen molar-refractivity contribution in [2.45, 2.75) is 111 Å². The normalized spacial score (nSPS) is 10.7. The topological polar surface area (TPSA) is 59.3 Å². The summed E-state index contributed by atoms with van der Waals surface area (Å²) >= 11 is 1.72. The van der Waals surface area contributed by atoms with Gasteiger partial charge in [0.05, 0.1) is 23.5 Å². The number of anilines is 1. The van der Waals surface area contributed by atoms with E-state index in [-0.39, 0.29) is 35.1 Å². The average molecular weight is 658 g/mol. The summed E-state index contributed by atoms with van der Waals surface area (Å²) in [5, 5.41) is 3.00. The van der Waals surface area contributed by atoms with Gasteiger partial charge in [0.2, 0.25) is 11.4 Å². The summed E-state index contributed by atoms with van der Waals surface area (Å²) in [5.74, 6) is 0.449. The highest BCUT2D eigenvalue weighted by atomic mass is 79.9. The summed E-state index contributed by atoms with van der Waals surface area (Å²) in [6.45, 7) is 7.28. The van der Waals surface area contributed by atoms with Crippen molar-refractivity contribution in [1.29, 1.82) is 0 Å². The number of carbonyl (C=O) groups excluding carboxylic acids is 2. The Labute approximate surface area is 267 Å². The predicted octanol–water partition coefficient (Wildman–Crippen LogP) is 5.86. The lowest BCUT2D eigenvalue weighted by Gasteiger charge is -2.12. The van der Waals surface area contributed by atoms with Crippen LogP contribution in [-0.4, -0.2) is 18.3 Å². The van der Waals surface area contributed by atoms with Crippen molar-refractivity contribution in [3.05, 3.63) is 75.7 Å². The van der Waals surface area contributed by atoms with Crippen LogP contribution in [0, 0.1) is 6.92 Å². The molecule has 0 unspecified atom stereocenters. The van der Waals surface area contributed by atoms with Crippen molar-refractivity contribution in [1.82, 2.24) is 0 Å². The highest BCUT2D eigenvalue weighted by Crippen LogP contribution is 2.22. The maximum absolute atomic E-state index is 12.8. The first-order valence-corrected chi connectivity index (χ1v) is 16.4. The number of ketones is 1. The molecule has 0 bridgehead atoms. The average Bonchev–Trinajstić information content (AvgIpc) is 3.36. The number of ether oxygens (including phenoxy) is 1. The van der Waals surface area contributed by atoms with E-state index in [1.54, 1.807) is 24.3 Å². The van der Waals surface area contributed by atoms with Crippen molar-refractivity contribution < 1.29 is 35.9 Å². The summed E-state index contributed by atoms with van der Waals surface area (Å²) in [6.07, 6.45) is 17.9. The molecule has 0 fully saturated rings. The third-order valence-corrected chi connectivity index (χ3v) is 8.19. The van der Waals surface area contributed by atoms with Crippen LogP contribution in [0.15, 0.2) is 54.2 Å². The van der Waals surface area contributed by atoms with E-state index in [0.717, 1.165) is 36.2 Å². The lowest BCUT2D eigenvalue weighted by atomic mass is 10.0. The molecule has 0 radical (unpaired) electrons. The number of nitrogens with one attached hydrogen (secondary N) is 1. The molecule has 2 aromatic carbocycles. The van der Waals surface area contributed by atoms with E-state index in [2.05, 4.69) is 41.5 Å². The van der Waals surface area contributed by atoms with Gasteiger partial charge in [-0.2, -0.15) is 4.57 Å². The Morgan fingerprint density at radius 1 is 0.857 bits per heavy atom. The number of halogens is 1. The zero-order valence-corrected chi connectivity index (χ0v) is 28.2. The molecule has 0 aliphatic rings. The molecule has 1 N–H and O–H groups in total. The second kappa shape index (κ2) is 20.4. The van der Waals surface area contributed by atoms with Gasteiger partial charge in [-0.15, -0.1) is 0 Å². The number of amides is 1. The molecule has 3 rings (SSSR count). The van der Waals surface area contributed by atoms with Gasteiger partial charge >= 0.3 is 0 Å². The van der Waals surface area contributed by atoms with E-state index in [0.29, 0.717) is 17.9 Å². The van der Waals surface area contributed by atoms with Gasteiger partial charge in [0.1, 0.15) is 5.75 Å². The van der Waals surface area contributed by atoms with Crippen molar-refractivity contribution in [3.8, 4) is 5.75 Å². The lowest BCUT2D eigenvalue weighted by Crippen LogP contribution is -3.00. The van der Waals surface area contributed by atoms with Crippen LogP contribution in [0.4, 0.5) is 5.69 Å². The van der Waals surface area contributed by atoms with Crippen LogP contribution in [0.3, 0.4) is 0 Å². The fraction of sp³-hybridized carbons (Fsp3) is 0.514. The molecule has 0 atom stereocenters. The molecular weight excluding hydrogens is 608 g/mol. The van der Waals surface area contributed by atoms with Crippen LogP contribution in [0.2, 0.25) is 0 Å². The molecular formula is C35H49BrN2O3S. The van der Waals surface area contributed by atoms with Gasteiger partial charge in [-0.25, -0.2) is 0 Å². The third kappa shape index (κ3) is 13.6. The SMILES string of the molecule is CCCCCCCCCCCCCCOc1ccc(CC(=O)Nc2cccc(C[n+]3csc(C)c3)c2)cc1C(C)=O.[Br-]. The first-order chi connectivity index (χ1) is 19.9. The predicted molar refractivity (Wildman–Crippen MR) is 170 cm³/mol. The molecule has 42 heavy (non-hydrogen) atoms. The summed E-state index contributed by atoms with van der Waals surface area (Å²) in [7, 11) is 0. The maximum Gasteiger partial charge on any atom is 0.228 e. The van der Waals surface area contributed by atoms with Gasteiger partial charge in [-0.3, -0.25) is 9.59 Å². The molecule has 5 nitrogen and oxygen atoms in total. The van der Waals surface area contributed by atoms with E-state index in [4.69, 9.17) is 4.74 Å². The van der Waals surface area contributed by atoms with Crippen LogP contribution in [-0.2, 0) is 17.8 Å². The number of thiazole rings is 1. The second-order valence-electron chi connectivity index (χ2n) is 11.2. The monoisotopic (exact) mass is 656 g/mol. The highest BCUT2D eigenvalue weighted by molar-refractivity contribution is 7.09. The van der Waals surface area contributed by atoms with Gasteiger partial charge in [0.15, 0.2) is 18.5 Å². The minimum Gasteiger partial charge on any atom is -1.00 e. The number of nitrogens with zero attached hydrogens (tertiary/aromatic N) is 1. The second-order valence-corrected chi connectivity index (χ2v) is 12.3. The molecule has 0 spiro atoms. The summed E-state index contributed by atoms with van der Waals surface area (Å²) in [5.41, 5.74) is 5.33. The molecule has 230 valence electrons. The van der Waals surface area contributed by atoms with Gasteiger partial charge in [0, 0.05) is 11.3 Å². The lowest BCUT2D eigenvalue weighted by molar-refractivity contribution is -0.683. The van der Waals surface area contributed by atoms with Gasteiger partial charge < -0.3 is 27.0 Å². The van der Waals surface area contributed by atoms with Crippen LogP contribution in [0.25, 0.3) is 0 Å². The van der Waals surface area contributed by atoms with E-state index < -0.39 is 0 Å². The number of benzene rings is 2. The number of aromatic nitrogens is 1. The number of hydrogen-bond donors (Lipinski definition) is 1. The standard InChI is InChI=1S/C35H48N2O3S.BrH/c1-4-5-6-7-8-9-10-11-12-13-14-15-21-40-34-20-19-30(23-33(34)29(3)38)24-35(39)36-32-18-16-17-31(22-32)26-37-25-28(2)41-27-37;/h16-20,22-23,25,27H,4-15,21,24,26H2,1-3H3;1H. The fourth-order valence-electron chi connectivity index (χ4n) is 5.09. The Morgan fingerprint density at radius 2 is 1.52 bits per heavy atom. The van der Waals surface area contributed by atoms with Crippen LogP contribution in [0.5, 0.6) is 5.75 Å². The Balaban J connectivity index is 0.00000616. The van der Waals surface area contributed by atoms with Crippen LogP contribution in [0.1, 0.15) is 117 Å². The smallest absolute Gasteiger partial charge is 0.228 e. The summed E-state index contributed by atoms with van der Waals surface area (Å²) in [6, 6.07) is 13.4. The third-order valence-electron chi connectivity index (χ3n) is 7.34. The molecule has 3 aromatic rings. The zero-order chi connectivity index (χ0) is 29.3. The Bertz CT molecular complexity index is 1230. The number of aryl methyl sites for hydroxylation is 1. The van der Waals surface area contributed by atoms with Crippen LogP contribution < -0.4 is 31.6 Å². The van der Waals surface area contributed by atoms with E-state index in [1.165, 1.54) is 69.1 Å². The molecule has 1 heterocycles. The molecule has 0 saturated carbocycles. The number of carbonyl (C=O) groups is 2. The Hall–Kier alpha value is -2.51. The van der Waals surface area contributed by atoms with Crippen LogP contribution >= 0.6 is 11.3 Å². The molecule has 7 heteroatoms. The molecule has 1 aromatic heterocycles. The highest BCUT2D eigenvalue weighted by Gasteiger charge is 2.13. The molecule has 0 saturated heterocycles. The minimum atomic E-state index is -0.110. The number of rotatable bonds is 20. The number of Topliss-reactive ketones (excluding diaryl/α,β-unsaturated/α-hetero) is 1. The Morgan fingerprint density at radius 3 is 2.14 bits per heavy atom. The van der Waals surface area contributed by atoms with Crippen molar-refractivity contribution >= 4 is 28.7 Å².